The van der Waals surface area contributed by atoms with Crippen molar-refractivity contribution >= 4 is 5.78 Å². The highest BCUT2D eigenvalue weighted by molar-refractivity contribution is 6.09. The molecule has 0 aromatic heterocycles. The Bertz CT molecular complexity index is 735. The second-order valence-electron chi connectivity index (χ2n) is 5.03. The molecule has 2 aromatic carbocycles. The quantitative estimate of drug-likeness (QED) is 0.864. The first-order valence-electron chi connectivity index (χ1n) is 6.41. The molecular weight excluding hydrogens is 256 g/mol. The van der Waals surface area contributed by atoms with Crippen LogP contribution in [0.15, 0.2) is 36.4 Å². The summed E-state index contributed by atoms with van der Waals surface area (Å²) in [5.74, 6) is 0.973. The fourth-order valence-electron chi connectivity index (χ4n) is 3.11. The lowest BCUT2D eigenvalue weighted by Gasteiger charge is -2.09. The van der Waals surface area contributed by atoms with E-state index in [0.29, 0.717) is 17.1 Å². The molecule has 0 amide bonds. The maximum atomic E-state index is 12.5. The minimum Gasteiger partial charge on any atom is -0.507 e. The van der Waals surface area contributed by atoms with E-state index < -0.39 is 0 Å². The number of Topliss-reactive ketones (excluding diaryl/α,β-unsaturated/α-hetero) is 1. The Morgan fingerprint density at radius 2 is 2.05 bits per heavy atom. The van der Waals surface area contributed by atoms with Crippen LogP contribution in [0.1, 0.15) is 33.5 Å². The van der Waals surface area contributed by atoms with Crippen molar-refractivity contribution in [3.8, 4) is 17.2 Å². The van der Waals surface area contributed by atoms with Crippen molar-refractivity contribution in [3.63, 3.8) is 0 Å². The van der Waals surface area contributed by atoms with Gasteiger partial charge in [-0.25, -0.2) is 0 Å². The molecule has 0 spiro atoms. The number of ether oxygens (including phenoxy) is 2. The number of hydrogen-bond donors (Lipinski definition) is 1. The van der Waals surface area contributed by atoms with E-state index in [-0.39, 0.29) is 23.6 Å². The molecule has 1 N–H and O–H groups in total. The van der Waals surface area contributed by atoms with Crippen LogP contribution in [0.4, 0.5) is 0 Å². The smallest absolute Gasteiger partial charge is 0.178 e. The van der Waals surface area contributed by atoms with Crippen LogP contribution in [-0.2, 0) is 0 Å². The van der Waals surface area contributed by atoms with E-state index in [9.17, 15) is 9.90 Å². The van der Waals surface area contributed by atoms with E-state index in [0.717, 1.165) is 11.1 Å². The minimum atomic E-state index is -0.362. The number of rotatable bonds is 1. The largest absolute Gasteiger partial charge is 0.507 e. The maximum absolute atomic E-state index is 12.5. The third-order valence-electron chi connectivity index (χ3n) is 4.02. The summed E-state index contributed by atoms with van der Waals surface area (Å²) in [7, 11) is 1.59. The lowest BCUT2D eigenvalue weighted by atomic mass is 9.95. The van der Waals surface area contributed by atoms with Gasteiger partial charge in [-0.05, 0) is 12.1 Å². The van der Waals surface area contributed by atoms with Crippen molar-refractivity contribution < 1.29 is 19.4 Å². The number of benzene rings is 2. The average Bonchev–Trinajstić information content (AvgIpc) is 2.96. The molecule has 0 saturated heterocycles. The number of aromatic hydroxyl groups is 1. The molecule has 0 radical (unpaired) electrons. The summed E-state index contributed by atoms with van der Waals surface area (Å²) in [6.07, 6.45) is -0.341. The van der Waals surface area contributed by atoms with Crippen molar-refractivity contribution in [2.45, 2.75) is 12.0 Å². The summed E-state index contributed by atoms with van der Waals surface area (Å²) in [6.45, 7) is 0. The molecule has 100 valence electrons. The van der Waals surface area contributed by atoms with Gasteiger partial charge in [0.2, 0.25) is 0 Å². The number of hydrogen-bond acceptors (Lipinski definition) is 4. The van der Waals surface area contributed by atoms with Crippen LogP contribution in [0.3, 0.4) is 0 Å². The van der Waals surface area contributed by atoms with Crippen LogP contribution in [0.5, 0.6) is 17.2 Å². The summed E-state index contributed by atoms with van der Waals surface area (Å²) >= 11 is 0. The van der Waals surface area contributed by atoms with Gasteiger partial charge in [-0.15, -0.1) is 0 Å². The number of methoxy groups -OCH3 is 1. The van der Waals surface area contributed by atoms with Gasteiger partial charge in [0.1, 0.15) is 23.4 Å². The van der Waals surface area contributed by atoms with Crippen LogP contribution in [-0.4, -0.2) is 18.0 Å². The Balaban J connectivity index is 1.87. The van der Waals surface area contributed by atoms with Crippen LogP contribution in [0.25, 0.3) is 0 Å². The van der Waals surface area contributed by atoms with E-state index in [1.54, 1.807) is 19.2 Å². The number of fused-ring (bicyclic) bond motifs is 5. The molecule has 0 saturated carbocycles. The Morgan fingerprint density at radius 3 is 2.85 bits per heavy atom. The van der Waals surface area contributed by atoms with Gasteiger partial charge >= 0.3 is 0 Å². The van der Waals surface area contributed by atoms with Crippen LogP contribution < -0.4 is 9.47 Å². The molecule has 2 aromatic rings. The predicted molar refractivity (Wildman–Crippen MR) is 71.5 cm³/mol. The highest BCUT2D eigenvalue weighted by Crippen LogP contribution is 2.54. The molecule has 2 atom stereocenters. The first-order valence-corrected chi connectivity index (χ1v) is 6.41. The van der Waals surface area contributed by atoms with Gasteiger partial charge in [0.05, 0.1) is 18.6 Å². The van der Waals surface area contributed by atoms with Gasteiger partial charge in [-0.2, -0.15) is 0 Å². The second-order valence-corrected chi connectivity index (χ2v) is 5.03. The Labute approximate surface area is 115 Å². The molecule has 4 nitrogen and oxygen atoms in total. The summed E-state index contributed by atoms with van der Waals surface area (Å²) in [4.78, 5) is 12.5. The molecule has 4 rings (SSSR count). The van der Waals surface area contributed by atoms with E-state index >= 15 is 0 Å². The van der Waals surface area contributed by atoms with E-state index in [1.807, 2.05) is 18.2 Å². The topological polar surface area (TPSA) is 55.8 Å². The predicted octanol–water partition coefficient (Wildman–Crippen LogP) is 2.81. The molecule has 0 bridgehead atoms. The lowest BCUT2D eigenvalue weighted by molar-refractivity contribution is 0.0933. The zero-order valence-corrected chi connectivity index (χ0v) is 10.8. The van der Waals surface area contributed by atoms with Gasteiger partial charge in [-0.1, -0.05) is 18.2 Å². The van der Waals surface area contributed by atoms with E-state index in [1.165, 1.54) is 6.07 Å². The normalized spacial score (nSPS) is 21.9. The summed E-state index contributed by atoms with van der Waals surface area (Å²) in [6, 6.07) is 10.6. The third-order valence-corrected chi connectivity index (χ3v) is 4.02. The van der Waals surface area contributed by atoms with Crippen LogP contribution in [0.2, 0.25) is 0 Å². The Morgan fingerprint density at radius 1 is 1.20 bits per heavy atom. The van der Waals surface area contributed by atoms with Gasteiger partial charge in [-0.3, -0.25) is 4.79 Å². The molecule has 4 heteroatoms. The SMILES string of the molecule is COc1ccc2c(c1)OC1c3cccc(O)c3C(=O)C21. The average molecular weight is 268 g/mol. The highest BCUT2D eigenvalue weighted by Gasteiger charge is 2.49. The highest BCUT2D eigenvalue weighted by atomic mass is 16.5. The molecule has 2 aliphatic rings. The summed E-state index contributed by atoms with van der Waals surface area (Å²) in [5, 5.41) is 9.89. The summed E-state index contributed by atoms with van der Waals surface area (Å²) in [5.41, 5.74) is 2.01. The van der Waals surface area contributed by atoms with Crippen molar-refractivity contribution in [1.29, 1.82) is 0 Å². The number of ketones is 1. The number of phenolic OH excluding ortho intramolecular Hbond substituents is 1. The van der Waals surface area contributed by atoms with E-state index in [4.69, 9.17) is 9.47 Å². The van der Waals surface area contributed by atoms with E-state index in [2.05, 4.69) is 0 Å². The molecule has 0 fully saturated rings. The standard InChI is InChI=1S/C16H12O4/c1-19-8-5-6-9-12(7-8)20-16-10-3-2-4-11(17)13(10)15(18)14(9)16/h2-7,14,16-17H,1H3. The lowest BCUT2D eigenvalue weighted by Crippen LogP contribution is -2.08. The molecule has 1 aliphatic carbocycles. The fraction of sp³-hybridized carbons (Fsp3) is 0.188. The van der Waals surface area contributed by atoms with Crippen LogP contribution in [0, 0.1) is 0 Å². The fourth-order valence-corrected chi connectivity index (χ4v) is 3.11. The number of phenols is 1. The van der Waals surface area contributed by atoms with Crippen molar-refractivity contribution in [2.75, 3.05) is 7.11 Å². The third kappa shape index (κ3) is 1.28. The molecule has 1 heterocycles. The van der Waals surface area contributed by atoms with Gasteiger partial charge in [0.25, 0.3) is 0 Å². The zero-order valence-electron chi connectivity index (χ0n) is 10.8. The summed E-state index contributed by atoms with van der Waals surface area (Å²) < 4.78 is 11.1. The zero-order chi connectivity index (χ0) is 13.9. The first kappa shape index (κ1) is 11.3. The Hall–Kier alpha value is -2.49. The molecule has 20 heavy (non-hydrogen) atoms. The van der Waals surface area contributed by atoms with Crippen molar-refractivity contribution in [2.24, 2.45) is 0 Å². The maximum Gasteiger partial charge on any atom is 0.178 e. The Kier molecular flexibility index (Phi) is 2.13. The van der Waals surface area contributed by atoms with Gasteiger partial charge in [0, 0.05) is 17.2 Å². The second kappa shape index (κ2) is 3.76. The molecule has 1 aliphatic heterocycles. The van der Waals surface area contributed by atoms with Crippen molar-refractivity contribution in [3.05, 3.63) is 53.1 Å². The number of carbonyl (C=O) groups excluding carboxylic acids is 1. The molecular formula is C16H12O4. The van der Waals surface area contributed by atoms with Gasteiger partial charge in [0.15, 0.2) is 5.78 Å². The molecule has 2 unspecified atom stereocenters. The first-order chi connectivity index (χ1) is 9.70. The number of carbonyl (C=O) groups is 1. The minimum absolute atomic E-state index is 0.0283. The monoisotopic (exact) mass is 268 g/mol. The van der Waals surface area contributed by atoms with Gasteiger partial charge < -0.3 is 14.6 Å². The van der Waals surface area contributed by atoms with Crippen molar-refractivity contribution in [1.82, 2.24) is 0 Å². The van der Waals surface area contributed by atoms with Crippen LogP contribution >= 0.6 is 0 Å².